The number of H-pyrrole nitrogens is 1. The highest BCUT2D eigenvalue weighted by Gasteiger charge is 2.22. The van der Waals surface area contributed by atoms with Crippen LogP contribution < -0.4 is 10.9 Å². The van der Waals surface area contributed by atoms with Crippen LogP contribution in [0.5, 0.6) is 0 Å². The highest BCUT2D eigenvalue weighted by Crippen LogP contribution is 2.33. The lowest BCUT2D eigenvalue weighted by Crippen LogP contribution is -2.24. The Morgan fingerprint density at radius 3 is 2.65 bits per heavy atom. The van der Waals surface area contributed by atoms with Gasteiger partial charge >= 0.3 is 0 Å². The van der Waals surface area contributed by atoms with Gasteiger partial charge in [-0.15, -0.1) is 0 Å². The Hall–Kier alpha value is -2.70. The van der Waals surface area contributed by atoms with Crippen LogP contribution in [0.4, 0.5) is 16.0 Å². The van der Waals surface area contributed by atoms with Gasteiger partial charge in [0.25, 0.3) is 5.56 Å². The Bertz CT molecular complexity index is 970. The van der Waals surface area contributed by atoms with E-state index in [0.29, 0.717) is 35.3 Å². The molecular formula is C19H22FN5O. The van der Waals surface area contributed by atoms with Crippen molar-refractivity contribution in [2.45, 2.75) is 51.5 Å². The molecule has 0 amide bonds. The van der Waals surface area contributed by atoms with Gasteiger partial charge in [0.1, 0.15) is 11.6 Å². The third-order valence-corrected chi connectivity index (χ3v) is 4.92. The van der Waals surface area contributed by atoms with Gasteiger partial charge in [0.05, 0.1) is 0 Å². The van der Waals surface area contributed by atoms with Crippen LogP contribution in [-0.2, 0) is 6.54 Å². The maximum absolute atomic E-state index is 13.1. The first kappa shape index (κ1) is 16.8. The minimum absolute atomic E-state index is 0.127. The van der Waals surface area contributed by atoms with E-state index in [9.17, 15) is 9.18 Å². The normalized spacial score (nSPS) is 15.0. The quantitative estimate of drug-likeness (QED) is 0.723. The van der Waals surface area contributed by atoms with Gasteiger partial charge in [0, 0.05) is 18.2 Å². The fraction of sp³-hybridized carbons (Fsp3) is 0.421. The minimum Gasteiger partial charge on any atom is -0.336 e. The van der Waals surface area contributed by atoms with Crippen molar-refractivity contribution in [1.82, 2.24) is 19.5 Å². The number of aromatic amines is 1. The Labute approximate surface area is 150 Å². The maximum Gasteiger partial charge on any atom is 0.280 e. The third kappa shape index (κ3) is 3.09. The highest BCUT2D eigenvalue weighted by atomic mass is 19.1. The first-order valence-electron chi connectivity index (χ1n) is 9.18. The smallest absolute Gasteiger partial charge is 0.280 e. The molecule has 6 nitrogen and oxygen atoms in total. The predicted octanol–water partition coefficient (Wildman–Crippen LogP) is 4.07. The second-order valence-corrected chi connectivity index (χ2v) is 6.83. The zero-order chi connectivity index (χ0) is 18.1. The van der Waals surface area contributed by atoms with Crippen molar-refractivity contribution in [1.29, 1.82) is 0 Å². The first-order chi connectivity index (χ1) is 12.7. The number of aromatic nitrogens is 4. The van der Waals surface area contributed by atoms with Gasteiger partial charge in [-0.1, -0.05) is 19.8 Å². The fourth-order valence-corrected chi connectivity index (χ4v) is 3.59. The third-order valence-electron chi connectivity index (χ3n) is 4.92. The Kier molecular flexibility index (Phi) is 4.44. The molecule has 0 spiro atoms. The fourth-order valence-electron chi connectivity index (χ4n) is 3.59. The van der Waals surface area contributed by atoms with E-state index in [-0.39, 0.29) is 11.4 Å². The number of rotatable bonds is 5. The number of benzene rings is 1. The molecule has 0 aliphatic heterocycles. The summed E-state index contributed by atoms with van der Waals surface area (Å²) in [5, 5.41) is 3.13. The zero-order valence-electron chi connectivity index (χ0n) is 14.8. The molecule has 2 heterocycles. The molecular weight excluding hydrogens is 333 g/mol. The Morgan fingerprint density at radius 1 is 1.23 bits per heavy atom. The summed E-state index contributed by atoms with van der Waals surface area (Å²) in [4.78, 5) is 25.4. The number of halogens is 1. The Morgan fingerprint density at radius 2 is 1.96 bits per heavy atom. The molecule has 1 aliphatic rings. The lowest BCUT2D eigenvalue weighted by Gasteiger charge is -2.12. The van der Waals surface area contributed by atoms with Gasteiger partial charge in [-0.2, -0.15) is 4.98 Å². The van der Waals surface area contributed by atoms with Crippen LogP contribution >= 0.6 is 0 Å². The summed E-state index contributed by atoms with van der Waals surface area (Å²) in [5.74, 6) is 1.37. The standard InChI is InChI=1S/C19H22FN5O/c1-2-11-25-18(26)15-17(23-16(22-15)12-5-3-4-6-12)24-19(25)21-14-9-7-13(20)8-10-14/h7-10,12H,2-6,11H2,1H3,(H,21,24)(H,22,23). The van der Waals surface area contributed by atoms with Crippen molar-refractivity contribution in [3.8, 4) is 0 Å². The average molecular weight is 355 g/mol. The van der Waals surface area contributed by atoms with Crippen molar-refractivity contribution in [3.63, 3.8) is 0 Å². The number of hydrogen-bond acceptors (Lipinski definition) is 4. The van der Waals surface area contributed by atoms with E-state index in [1.54, 1.807) is 16.7 Å². The van der Waals surface area contributed by atoms with Crippen LogP contribution in [0.1, 0.15) is 50.8 Å². The molecule has 0 radical (unpaired) electrons. The number of imidazole rings is 1. The van der Waals surface area contributed by atoms with E-state index in [2.05, 4.69) is 20.3 Å². The molecule has 2 aromatic heterocycles. The molecule has 1 aliphatic carbocycles. The average Bonchev–Trinajstić information content (AvgIpc) is 3.29. The molecule has 2 N–H and O–H groups in total. The van der Waals surface area contributed by atoms with Crippen molar-refractivity contribution in [3.05, 3.63) is 46.3 Å². The molecule has 0 unspecified atom stereocenters. The highest BCUT2D eigenvalue weighted by molar-refractivity contribution is 5.72. The van der Waals surface area contributed by atoms with Crippen LogP contribution in [0.25, 0.3) is 11.2 Å². The monoisotopic (exact) mass is 355 g/mol. The van der Waals surface area contributed by atoms with Gasteiger partial charge in [-0.05, 0) is 43.5 Å². The van der Waals surface area contributed by atoms with Gasteiger partial charge in [0.2, 0.25) is 5.95 Å². The topological polar surface area (TPSA) is 75.6 Å². The van der Waals surface area contributed by atoms with Crippen molar-refractivity contribution in [2.75, 3.05) is 5.32 Å². The summed E-state index contributed by atoms with van der Waals surface area (Å²) in [6.07, 6.45) is 5.40. The summed E-state index contributed by atoms with van der Waals surface area (Å²) in [7, 11) is 0. The number of nitrogens with one attached hydrogen (secondary N) is 2. The molecule has 3 aromatic rings. The Balaban J connectivity index is 1.78. The van der Waals surface area contributed by atoms with Gasteiger partial charge in [-0.25, -0.2) is 9.37 Å². The number of hydrogen-bond donors (Lipinski definition) is 2. The number of fused-ring (bicyclic) bond motifs is 1. The van der Waals surface area contributed by atoms with Crippen molar-refractivity contribution in [2.24, 2.45) is 0 Å². The first-order valence-corrected chi connectivity index (χ1v) is 9.18. The number of nitrogens with zero attached hydrogens (tertiary/aromatic N) is 3. The summed E-state index contributed by atoms with van der Waals surface area (Å²) < 4.78 is 14.7. The molecule has 136 valence electrons. The molecule has 1 saturated carbocycles. The van der Waals surface area contributed by atoms with E-state index < -0.39 is 0 Å². The van der Waals surface area contributed by atoms with E-state index in [4.69, 9.17) is 0 Å². The summed E-state index contributed by atoms with van der Waals surface area (Å²) in [6.45, 7) is 2.55. The summed E-state index contributed by atoms with van der Waals surface area (Å²) in [6, 6.07) is 5.98. The van der Waals surface area contributed by atoms with Crippen LogP contribution in [0.3, 0.4) is 0 Å². The van der Waals surface area contributed by atoms with Crippen LogP contribution in [-0.4, -0.2) is 19.5 Å². The molecule has 0 atom stereocenters. The molecule has 0 saturated heterocycles. The molecule has 1 fully saturated rings. The maximum atomic E-state index is 13.1. The molecule has 7 heteroatoms. The van der Waals surface area contributed by atoms with Crippen LogP contribution in [0.2, 0.25) is 0 Å². The van der Waals surface area contributed by atoms with Crippen LogP contribution in [0.15, 0.2) is 29.1 Å². The van der Waals surface area contributed by atoms with Gasteiger partial charge < -0.3 is 10.3 Å². The minimum atomic E-state index is -0.307. The van der Waals surface area contributed by atoms with Gasteiger partial charge in [-0.3, -0.25) is 9.36 Å². The lowest BCUT2D eigenvalue weighted by molar-refractivity contribution is 0.628. The molecule has 1 aromatic carbocycles. The summed E-state index contributed by atoms with van der Waals surface area (Å²) >= 11 is 0. The lowest BCUT2D eigenvalue weighted by atomic mass is 10.1. The number of anilines is 2. The molecule has 26 heavy (non-hydrogen) atoms. The SMILES string of the molecule is CCCn1c(Nc2ccc(F)cc2)nc2nc(C3CCCC3)[nH]c2c1=O. The van der Waals surface area contributed by atoms with E-state index in [1.807, 2.05) is 6.92 Å². The van der Waals surface area contributed by atoms with Gasteiger partial charge in [0.15, 0.2) is 11.2 Å². The second kappa shape index (κ2) is 6.90. The zero-order valence-corrected chi connectivity index (χ0v) is 14.8. The predicted molar refractivity (Wildman–Crippen MR) is 99.3 cm³/mol. The molecule has 4 rings (SSSR count). The van der Waals surface area contributed by atoms with Crippen molar-refractivity contribution >= 4 is 22.8 Å². The van der Waals surface area contributed by atoms with E-state index in [0.717, 1.165) is 25.1 Å². The largest absolute Gasteiger partial charge is 0.336 e. The second-order valence-electron chi connectivity index (χ2n) is 6.83. The molecule has 0 bridgehead atoms. The van der Waals surface area contributed by atoms with Crippen LogP contribution in [0, 0.1) is 5.82 Å². The van der Waals surface area contributed by atoms with Crippen molar-refractivity contribution < 1.29 is 4.39 Å². The van der Waals surface area contributed by atoms with E-state index in [1.165, 1.54) is 25.0 Å². The summed E-state index contributed by atoms with van der Waals surface area (Å²) in [5.41, 5.74) is 1.45. The van der Waals surface area contributed by atoms with E-state index >= 15 is 0 Å².